The van der Waals surface area contributed by atoms with Gasteiger partial charge < -0.3 is 19.8 Å². The third kappa shape index (κ3) is 4.54. The van der Waals surface area contributed by atoms with Crippen LogP contribution in [0.5, 0.6) is 0 Å². The molecule has 1 saturated heterocycles. The lowest BCUT2D eigenvalue weighted by Crippen LogP contribution is -2.46. The third-order valence-electron chi connectivity index (χ3n) is 5.35. The molecule has 1 aromatic carbocycles. The highest BCUT2D eigenvalue weighted by Crippen LogP contribution is 2.24. The van der Waals surface area contributed by atoms with Crippen molar-refractivity contribution >= 4 is 17.0 Å². The molecule has 2 N–H and O–H groups in total. The summed E-state index contributed by atoms with van der Waals surface area (Å²) in [6.07, 6.45) is 1.44. The minimum Gasteiger partial charge on any atom is -0.408 e. The number of hydrogen-bond donors (Lipinski definition) is 2. The number of nitriles is 1. The number of ether oxygens (including phenoxy) is 1. The van der Waals surface area contributed by atoms with E-state index in [-0.39, 0.29) is 12.0 Å². The van der Waals surface area contributed by atoms with Gasteiger partial charge in [-0.05, 0) is 31.2 Å². The van der Waals surface area contributed by atoms with Crippen molar-refractivity contribution in [1.82, 2.24) is 20.2 Å². The molecule has 3 heterocycles. The monoisotopic (exact) mass is 439 g/mol. The Bertz CT molecular complexity index is 1240. The molecule has 0 spiro atoms. The van der Waals surface area contributed by atoms with E-state index in [2.05, 4.69) is 15.6 Å². The van der Waals surface area contributed by atoms with Gasteiger partial charge in [0.15, 0.2) is 5.58 Å². The molecule has 9 nitrogen and oxygen atoms in total. The first-order valence-corrected chi connectivity index (χ1v) is 10.2. The minimum atomic E-state index is -0.923. The van der Waals surface area contributed by atoms with Crippen LogP contribution in [-0.4, -0.2) is 47.3 Å². The van der Waals surface area contributed by atoms with Crippen LogP contribution in [0.3, 0.4) is 0 Å². The maximum atomic E-state index is 14.8. The van der Waals surface area contributed by atoms with Crippen molar-refractivity contribution in [1.29, 1.82) is 5.26 Å². The van der Waals surface area contributed by atoms with Gasteiger partial charge in [-0.2, -0.15) is 5.26 Å². The molecule has 1 aliphatic heterocycles. The Morgan fingerprint density at radius 1 is 1.47 bits per heavy atom. The Labute approximate surface area is 182 Å². The first-order valence-electron chi connectivity index (χ1n) is 10.2. The molecule has 0 unspecified atom stereocenters. The average molecular weight is 439 g/mol. The molecule has 166 valence electrons. The largest absolute Gasteiger partial charge is 0.419 e. The third-order valence-corrected chi connectivity index (χ3v) is 5.35. The van der Waals surface area contributed by atoms with Gasteiger partial charge in [-0.25, -0.2) is 9.18 Å². The second-order valence-corrected chi connectivity index (χ2v) is 7.58. The number of pyridine rings is 1. The molecule has 0 aliphatic carbocycles. The molecule has 3 aromatic rings. The number of rotatable bonds is 5. The van der Waals surface area contributed by atoms with Crippen LogP contribution in [0.15, 0.2) is 39.7 Å². The van der Waals surface area contributed by atoms with Crippen LogP contribution in [0, 0.1) is 17.1 Å². The first kappa shape index (κ1) is 21.7. The number of aryl methyl sites for hydroxylation is 1. The number of amides is 1. The summed E-state index contributed by atoms with van der Waals surface area (Å²) in [5.74, 6) is -1.44. The molecule has 0 bridgehead atoms. The molecule has 1 aliphatic rings. The van der Waals surface area contributed by atoms with Gasteiger partial charge in [-0.3, -0.25) is 14.3 Å². The zero-order valence-electron chi connectivity index (χ0n) is 17.4. The minimum absolute atomic E-state index is 0.0310. The Balaban J connectivity index is 1.49. The van der Waals surface area contributed by atoms with Crippen LogP contribution in [0.25, 0.3) is 22.4 Å². The zero-order chi connectivity index (χ0) is 22.7. The van der Waals surface area contributed by atoms with E-state index in [1.807, 2.05) is 6.07 Å². The Hall–Kier alpha value is -3.55. The van der Waals surface area contributed by atoms with E-state index < -0.39 is 29.6 Å². The van der Waals surface area contributed by atoms with Gasteiger partial charge in [0.25, 0.3) is 5.91 Å². The molecule has 4 rings (SSSR count). The van der Waals surface area contributed by atoms with E-state index >= 15 is 0 Å². The number of fused-ring (bicyclic) bond motifs is 1. The van der Waals surface area contributed by atoms with Gasteiger partial charge in [-0.1, -0.05) is 0 Å². The molecular formula is C22H22FN5O4. The van der Waals surface area contributed by atoms with Crippen molar-refractivity contribution in [2.24, 2.45) is 7.05 Å². The first-order chi connectivity index (χ1) is 15.5. The van der Waals surface area contributed by atoms with E-state index in [9.17, 15) is 19.2 Å². The zero-order valence-corrected chi connectivity index (χ0v) is 17.4. The molecule has 0 radical (unpaired) electrons. The van der Waals surface area contributed by atoms with Gasteiger partial charge in [0.05, 0.1) is 17.3 Å². The fourth-order valence-electron chi connectivity index (χ4n) is 3.55. The average Bonchev–Trinajstić information content (AvgIpc) is 2.97. The van der Waals surface area contributed by atoms with E-state index in [1.165, 1.54) is 16.8 Å². The van der Waals surface area contributed by atoms with Gasteiger partial charge >= 0.3 is 5.76 Å². The lowest BCUT2D eigenvalue weighted by atomic mass is 10.1. The molecule has 0 saturated carbocycles. The quantitative estimate of drug-likeness (QED) is 0.614. The summed E-state index contributed by atoms with van der Waals surface area (Å²) in [4.78, 5) is 28.4. The number of benzene rings is 1. The fraction of sp³-hybridized carbons (Fsp3) is 0.364. The van der Waals surface area contributed by atoms with Crippen LogP contribution in [0.4, 0.5) is 4.39 Å². The van der Waals surface area contributed by atoms with Crippen LogP contribution in [-0.2, 0) is 23.0 Å². The Morgan fingerprint density at radius 3 is 3.09 bits per heavy atom. The predicted molar refractivity (Wildman–Crippen MR) is 113 cm³/mol. The maximum absolute atomic E-state index is 14.8. The predicted octanol–water partition coefficient (Wildman–Crippen LogP) is 1.26. The van der Waals surface area contributed by atoms with Crippen molar-refractivity contribution in [2.45, 2.75) is 25.0 Å². The number of aromatic nitrogens is 2. The van der Waals surface area contributed by atoms with E-state index in [0.717, 1.165) is 13.0 Å². The highest BCUT2D eigenvalue weighted by atomic mass is 19.1. The van der Waals surface area contributed by atoms with Crippen molar-refractivity contribution in [3.63, 3.8) is 0 Å². The number of carbonyl (C=O) groups is 1. The Kier molecular flexibility index (Phi) is 6.30. The van der Waals surface area contributed by atoms with Crippen LogP contribution in [0.2, 0.25) is 0 Å². The summed E-state index contributed by atoms with van der Waals surface area (Å²) in [6.45, 7) is 1.58. The molecule has 2 atom stereocenters. The summed E-state index contributed by atoms with van der Waals surface area (Å²) in [7, 11) is 1.58. The van der Waals surface area contributed by atoms with Gasteiger partial charge in [0.2, 0.25) is 0 Å². The number of nitrogens with one attached hydrogen (secondary N) is 2. The summed E-state index contributed by atoms with van der Waals surface area (Å²) >= 11 is 0. The topological polar surface area (TPSA) is 122 Å². The molecule has 32 heavy (non-hydrogen) atoms. The number of halogens is 1. The summed E-state index contributed by atoms with van der Waals surface area (Å²) in [6, 6.07) is 7.35. The number of carbonyl (C=O) groups excluding carboxylic acids is 1. The summed E-state index contributed by atoms with van der Waals surface area (Å²) in [5.41, 5.74) is 2.19. The highest BCUT2D eigenvalue weighted by molar-refractivity contribution is 5.82. The van der Waals surface area contributed by atoms with Gasteiger partial charge in [0.1, 0.15) is 18.0 Å². The summed E-state index contributed by atoms with van der Waals surface area (Å²) in [5, 5.41) is 15.2. The lowest BCUT2D eigenvalue weighted by molar-refractivity contribution is -0.132. The number of oxazole rings is 1. The molecule has 2 aromatic heterocycles. The van der Waals surface area contributed by atoms with Crippen molar-refractivity contribution in [2.75, 3.05) is 19.7 Å². The van der Waals surface area contributed by atoms with Gasteiger partial charge in [0, 0.05) is 50.0 Å². The molecular weight excluding hydrogens is 417 g/mol. The van der Waals surface area contributed by atoms with Crippen LogP contribution < -0.4 is 16.4 Å². The standard InChI is InChI=1S/C22H22FN5O4/c1-28-18-8-13(3-4-19(18)32-22(28)30)17-9-16(23)14(11-26-17)7-15(10-24)27-21(29)20-12-25-5-2-6-31-20/h3-4,8-9,11,15,20,25H,2,5-7,12H2,1H3,(H,27,29)/t15-,20+/m1/s1. The lowest BCUT2D eigenvalue weighted by Gasteiger charge is -2.18. The SMILES string of the molecule is Cn1c(=O)oc2ccc(-c3cc(F)c(C[C@H](C#N)NC(=O)[C@@H]4CNCCCO4)cn3)cc21. The van der Waals surface area contributed by atoms with E-state index in [4.69, 9.17) is 9.15 Å². The van der Waals surface area contributed by atoms with Crippen molar-refractivity contribution in [3.8, 4) is 17.3 Å². The normalized spacial score (nSPS) is 17.5. The molecule has 1 amide bonds. The van der Waals surface area contributed by atoms with Gasteiger partial charge in [-0.15, -0.1) is 0 Å². The molecule has 1 fully saturated rings. The number of hydrogen-bond acceptors (Lipinski definition) is 7. The summed E-state index contributed by atoms with van der Waals surface area (Å²) < 4.78 is 26.8. The fourth-order valence-corrected chi connectivity index (χ4v) is 3.55. The van der Waals surface area contributed by atoms with Crippen LogP contribution >= 0.6 is 0 Å². The van der Waals surface area contributed by atoms with Crippen molar-refractivity contribution in [3.05, 3.63) is 52.4 Å². The van der Waals surface area contributed by atoms with Crippen molar-refractivity contribution < 1.29 is 18.3 Å². The second kappa shape index (κ2) is 9.30. The van der Waals surface area contributed by atoms with E-state index in [0.29, 0.717) is 35.5 Å². The number of nitrogens with zero attached hydrogens (tertiary/aromatic N) is 3. The smallest absolute Gasteiger partial charge is 0.408 e. The second-order valence-electron chi connectivity index (χ2n) is 7.58. The van der Waals surface area contributed by atoms with E-state index in [1.54, 1.807) is 25.2 Å². The van der Waals surface area contributed by atoms with Crippen LogP contribution in [0.1, 0.15) is 12.0 Å². The molecule has 10 heteroatoms. The highest BCUT2D eigenvalue weighted by Gasteiger charge is 2.24. The maximum Gasteiger partial charge on any atom is 0.419 e. The Morgan fingerprint density at radius 2 is 2.31 bits per heavy atom.